The van der Waals surface area contributed by atoms with Crippen molar-refractivity contribution < 1.29 is 19.5 Å². The van der Waals surface area contributed by atoms with E-state index < -0.39 is 5.97 Å². The molecule has 0 fully saturated rings. The van der Waals surface area contributed by atoms with Gasteiger partial charge in [0.25, 0.3) is 0 Å². The number of benzene rings is 1. The van der Waals surface area contributed by atoms with E-state index in [0.717, 1.165) is 4.90 Å². The Balaban J connectivity index is 1.83. The molecule has 0 radical (unpaired) electrons. The van der Waals surface area contributed by atoms with Gasteiger partial charge in [-0.2, -0.15) is 0 Å². The SMILES string of the molecule is O=C(O)CCC(=O)Nc1cccc(SCC(=O)Nc2ccncc2)c1. The molecule has 1 heterocycles. The normalized spacial score (nSPS) is 10.1. The molecular formula is C17H17N3O4S. The van der Waals surface area contributed by atoms with Gasteiger partial charge in [-0.15, -0.1) is 11.8 Å². The summed E-state index contributed by atoms with van der Waals surface area (Å²) in [6, 6.07) is 10.4. The minimum Gasteiger partial charge on any atom is -0.481 e. The van der Waals surface area contributed by atoms with Gasteiger partial charge >= 0.3 is 5.97 Å². The van der Waals surface area contributed by atoms with E-state index in [0.29, 0.717) is 11.4 Å². The number of carbonyl (C=O) groups excluding carboxylic acids is 2. The molecular weight excluding hydrogens is 342 g/mol. The van der Waals surface area contributed by atoms with E-state index in [-0.39, 0.29) is 30.4 Å². The number of thioether (sulfide) groups is 1. The van der Waals surface area contributed by atoms with Crippen LogP contribution in [0.2, 0.25) is 0 Å². The van der Waals surface area contributed by atoms with Crippen molar-refractivity contribution in [2.45, 2.75) is 17.7 Å². The van der Waals surface area contributed by atoms with E-state index in [1.807, 2.05) is 6.07 Å². The summed E-state index contributed by atoms with van der Waals surface area (Å²) < 4.78 is 0. The lowest BCUT2D eigenvalue weighted by Gasteiger charge is -2.07. The van der Waals surface area contributed by atoms with E-state index in [2.05, 4.69) is 15.6 Å². The molecule has 0 bridgehead atoms. The second-order valence-corrected chi connectivity index (χ2v) is 6.09. The maximum Gasteiger partial charge on any atom is 0.303 e. The molecule has 1 aromatic carbocycles. The number of pyridine rings is 1. The number of aromatic nitrogens is 1. The van der Waals surface area contributed by atoms with Gasteiger partial charge in [-0.3, -0.25) is 19.4 Å². The number of amides is 2. The molecule has 8 heteroatoms. The molecule has 0 atom stereocenters. The third kappa shape index (κ3) is 7.05. The van der Waals surface area contributed by atoms with Gasteiger partial charge in [-0.05, 0) is 30.3 Å². The number of carboxylic acids is 1. The van der Waals surface area contributed by atoms with Gasteiger partial charge in [0.15, 0.2) is 0 Å². The molecule has 2 rings (SSSR count). The summed E-state index contributed by atoms with van der Waals surface area (Å²) in [6.07, 6.45) is 2.90. The molecule has 0 aliphatic heterocycles. The van der Waals surface area contributed by atoms with Crippen LogP contribution in [0.4, 0.5) is 11.4 Å². The molecule has 2 amide bonds. The Morgan fingerprint density at radius 3 is 2.40 bits per heavy atom. The van der Waals surface area contributed by atoms with Crippen molar-refractivity contribution in [2.75, 3.05) is 16.4 Å². The first-order valence-electron chi connectivity index (χ1n) is 7.47. The van der Waals surface area contributed by atoms with Crippen LogP contribution in [0.15, 0.2) is 53.7 Å². The number of carbonyl (C=O) groups is 3. The van der Waals surface area contributed by atoms with Crippen LogP contribution in [0.25, 0.3) is 0 Å². The fraction of sp³-hybridized carbons (Fsp3) is 0.176. The average Bonchev–Trinajstić information content (AvgIpc) is 2.59. The molecule has 0 saturated heterocycles. The molecule has 0 aliphatic carbocycles. The van der Waals surface area contributed by atoms with E-state index >= 15 is 0 Å². The molecule has 1 aromatic heterocycles. The van der Waals surface area contributed by atoms with Crippen LogP contribution in [0, 0.1) is 0 Å². The van der Waals surface area contributed by atoms with E-state index in [1.54, 1.807) is 42.7 Å². The summed E-state index contributed by atoms with van der Waals surface area (Å²) in [6.45, 7) is 0. The predicted molar refractivity (Wildman–Crippen MR) is 95.5 cm³/mol. The molecule has 3 N–H and O–H groups in total. The summed E-state index contributed by atoms with van der Waals surface area (Å²) in [5.74, 6) is -1.30. The van der Waals surface area contributed by atoms with Crippen molar-refractivity contribution in [2.24, 2.45) is 0 Å². The molecule has 2 aromatic rings. The Labute approximate surface area is 148 Å². The van der Waals surface area contributed by atoms with Gasteiger partial charge in [-0.25, -0.2) is 0 Å². The van der Waals surface area contributed by atoms with Crippen molar-refractivity contribution in [3.63, 3.8) is 0 Å². The minimum absolute atomic E-state index is 0.0823. The zero-order valence-electron chi connectivity index (χ0n) is 13.3. The number of nitrogens with zero attached hydrogens (tertiary/aromatic N) is 1. The van der Waals surface area contributed by atoms with E-state index in [9.17, 15) is 14.4 Å². The monoisotopic (exact) mass is 359 g/mol. The second kappa shape index (κ2) is 9.43. The minimum atomic E-state index is -1.01. The van der Waals surface area contributed by atoms with Crippen LogP contribution in [0.3, 0.4) is 0 Å². The van der Waals surface area contributed by atoms with Crippen molar-refractivity contribution in [1.29, 1.82) is 0 Å². The Kier molecular flexibility index (Phi) is 6.97. The Bertz CT molecular complexity index is 753. The third-order valence-corrected chi connectivity index (χ3v) is 4.01. The van der Waals surface area contributed by atoms with Crippen LogP contribution in [0.5, 0.6) is 0 Å². The topological polar surface area (TPSA) is 108 Å². The van der Waals surface area contributed by atoms with Gasteiger partial charge in [-0.1, -0.05) is 6.07 Å². The summed E-state index contributed by atoms with van der Waals surface area (Å²) in [5.41, 5.74) is 1.25. The highest BCUT2D eigenvalue weighted by atomic mass is 32.2. The van der Waals surface area contributed by atoms with Gasteiger partial charge < -0.3 is 15.7 Å². The predicted octanol–water partition coefficient (Wildman–Crippen LogP) is 2.62. The van der Waals surface area contributed by atoms with Crippen molar-refractivity contribution in [3.05, 3.63) is 48.8 Å². The number of hydrogen-bond donors (Lipinski definition) is 3. The molecule has 0 spiro atoms. The summed E-state index contributed by atoms with van der Waals surface area (Å²) >= 11 is 1.33. The lowest BCUT2D eigenvalue weighted by molar-refractivity contribution is -0.138. The van der Waals surface area contributed by atoms with Crippen LogP contribution in [-0.4, -0.2) is 33.6 Å². The first-order valence-corrected chi connectivity index (χ1v) is 8.46. The zero-order valence-corrected chi connectivity index (χ0v) is 14.1. The quantitative estimate of drug-likeness (QED) is 0.625. The number of aliphatic carboxylic acids is 1. The Hall–Kier alpha value is -2.87. The van der Waals surface area contributed by atoms with Crippen LogP contribution in [0.1, 0.15) is 12.8 Å². The number of carboxylic acid groups (broad SMARTS) is 1. The van der Waals surface area contributed by atoms with Crippen molar-refractivity contribution in [3.8, 4) is 0 Å². The number of hydrogen-bond acceptors (Lipinski definition) is 5. The van der Waals surface area contributed by atoms with Crippen LogP contribution in [-0.2, 0) is 14.4 Å². The fourth-order valence-corrected chi connectivity index (χ4v) is 2.64. The number of anilines is 2. The lowest BCUT2D eigenvalue weighted by atomic mass is 10.2. The average molecular weight is 359 g/mol. The van der Waals surface area contributed by atoms with Crippen molar-refractivity contribution in [1.82, 2.24) is 4.98 Å². The van der Waals surface area contributed by atoms with Gasteiger partial charge in [0.1, 0.15) is 0 Å². The smallest absolute Gasteiger partial charge is 0.303 e. The third-order valence-electron chi connectivity index (χ3n) is 3.02. The molecule has 130 valence electrons. The number of rotatable bonds is 8. The van der Waals surface area contributed by atoms with Gasteiger partial charge in [0, 0.05) is 35.1 Å². The summed E-state index contributed by atoms with van der Waals surface area (Å²) in [5, 5.41) is 14.0. The molecule has 0 aliphatic rings. The maximum atomic E-state index is 11.9. The second-order valence-electron chi connectivity index (χ2n) is 5.04. The largest absolute Gasteiger partial charge is 0.481 e. The highest BCUT2D eigenvalue weighted by molar-refractivity contribution is 8.00. The maximum absolute atomic E-state index is 11.9. The standard InChI is InChI=1S/C17H17N3O4S/c21-15(4-5-17(23)24)20-13-2-1-3-14(10-13)25-11-16(22)19-12-6-8-18-9-7-12/h1-3,6-10H,4-5,11H2,(H,20,21)(H,23,24)(H,18,19,22). The van der Waals surface area contributed by atoms with Crippen LogP contribution < -0.4 is 10.6 Å². The van der Waals surface area contributed by atoms with E-state index in [4.69, 9.17) is 5.11 Å². The fourth-order valence-electron chi connectivity index (χ4n) is 1.89. The van der Waals surface area contributed by atoms with Crippen LogP contribution >= 0.6 is 11.8 Å². The lowest BCUT2D eigenvalue weighted by Crippen LogP contribution is -2.14. The van der Waals surface area contributed by atoms with Gasteiger partial charge in [0.05, 0.1) is 12.2 Å². The Morgan fingerprint density at radius 2 is 1.68 bits per heavy atom. The van der Waals surface area contributed by atoms with Gasteiger partial charge in [0.2, 0.25) is 11.8 Å². The highest BCUT2D eigenvalue weighted by Crippen LogP contribution is 2.22. The molecule has 25 heavy (non-hydrogen) atoms. The Morgan fingerprint density at radius 1 is 0.960 bits per heavy atom. The highest BCUT2D eigenvalue weighted by Gasteiger charge is 2.07. The molecule has 0 saturated carbocycles. The van der Waals surface area contributed by atoms with E-state index in [1.165, 1.54) is 11.8 Å². The molecule has 0 unspecified atom stereocenters. The molecule has 7 nitrogen and oxygen atoms in total. The summed E-state index contributed by atoms with van der Waals surface area (Å²) in [4.78, 5) is 38.7. The van der Waals surface area contributed by atoms with Crippen molar-refractivity contribution >= 4 is 40.9 Å². The zero-order chi connectivity index (χ0) is 18.1. The first-order chi connectivity index (χ1) is 12.0. The number of nitrogens with one attached hydrogen (secondary N) is 2. The first kappa shape index (κ1) is 18.5. The summed E-state index contributed by atoms with van der Waals surface area (Å²) in [7, 11) is 0.